The minimum atomic E-state index is -0.0949. The molecule has 2 rings (SSSR count). The van der Waals surface area contributed by atoms with Crippen molar-refractivity contribution in [1.29, 1.82) is 0 Å². The van der Waals surface area contributed by atoms with Crippen molar-refractivity contribution < 1.29 is 9.59 Å². The normalized spacial score (nSPS) is 34.5. The van der Waals surface area contributed by atoms with Crippen LogP contribution in [-0.2, 0) is 9.59 Å². The van der Waals surface area contributed by atoms with E-state index in [1.807, 2.05) is 0 Å². The molecule has 15 heavy (non-hydrogen) atoms. The molecular weight excluding hydrogens is 192 g/mol. The predicted octanol–water partition coefficient (Wildman–Crippen LogP) is 0.427. The zero-order valence-corrected chi connectivity index (χ0v) is 9.08. The lowest BCUT2D eigenvalue weighted by molar-refractivity contribution is -0.129. The van der Waals surface area contributed by atoms with Gasteiger partial charge in [-0.25, -0.2) is 0 Å². The van der Waals surface area contributed by atoms with Crippen molar-refractivity contribution in [3.05, 3.63) is 0 Å². The first-order chi connectivity index (χ1) is 7.15. The van der Waals surface area contributed by atoms with E-state index in [0.29, 0.717) is 12.5 Å². The molecule has 1 atom stereocenters. The highest BCUT2D eigenvalue weighted by Crippen LogP contribution is 2.26. The highest BCUT2D eigenvalue weighted by molar-refractivity contribution is 5.87. The topological polar surface area (TPSA) is 58.2 Å². The third-order valence-electron chi connectivity index (χ3n) is 3.33. The van der Waals surface area contributed by atoms with E-state index in [0.717, 1.165) is 31.7 Å². The molecule has 0 aromatic carbocycles. The number of hydrogen-bond donors (Lipinski definition) is 2. The van der Waals surface area contributed by atoms with Crippen LogP contribution in [0.2, 0.25) is 0 Å². The summed E-state index contributed by atoms with van der Waals surface area (Å²) in [6, 6.07) is 0.358. The van der Waals surface area contributed by atoms with Crippen LogP contribution in [0, 0.1) is 11.8 Å². The summed E-state index contributed by atoms with van der Waals surface area (Å²) < 4.78 is 0. The van der Waals surface area contributed by atoms with Crippen molar-refractivity contribution in [2.24, 2.45) is 11.8 Å². The maximum atomic E-state index is 11.6. The van der Waals surface area contributed by atoms with Crippen molar-refractivity contribution in [3.63, 3.8) is 0 Å². The molecule has 0 bridgehead atoms. The second-order valence-electron chi connectivity index (χ2n) is 4.82. The summed E-state index contributed by atoms with van der Waals surface area (Å²) in [5.74, 6) is 0.716. The monoisotopic (exact) mass is 210 g/mol. The molecule has 1 unspecified atom stereocenters. The number of hydrogen-bond acceptors (Lipinski definition) is 2. The molecule has 2 fully saturated rings. The fourth-order valence-corrected chi connectivity index (χ4v) is 2.37. The fraction of sp³-hybridized carbons (Fsp3) is 0.818. The molecule has 1 heterocycles. The van der Waals surface area contributed by atoms with Gasteiger partial charge in [0.25, 0.3) is 0 Å². The standard InChI is InChI=1S/C11H18N2O2/c1-7-4-9(5-7)13-10(14)6-8-2-3-12-11(8)15/h7-9H,2-6H2,1H3,(H,12,15)(H,13,14). The Kier molecular flexibility index (Phi) is 2.93. The van der Waals surface area contributed by atoms with E-state index in [1.54, 1.807) is 0 Å². The summed E-state index contributed by atoms with van der Waals surface area (Å²) in [6.07, 6.45) is 3.33. The number of amides is 2. The van der Waals surface area contributed by atoms with Crippen molar-refractivity contribution in [2.45, 2.75) is 38.6 Å². The Morgan fingerprint density at radius 1 is 1.53 bits per heavy atom. The lowest BCUT2D eigenvalue weighted by Gasteiger charge is -2.33. The van der Waals surface area contributed by atoms with Crippen LogP contribution in [0.3, 0.4) is 0 Å². The van der Waals surface area contributed by atoms with Crippen LogP contribution in [0.1, 0.15) is 32.6 Å². The number of carbonyl (C=O) groups is 2. The second kappa shape index (κ2) is 4.21. The quantitative estimate of drug-likeness (QED) is 0.709. The lowest BCUT2D eigenvalue weighted by atomic mass is 9.82. The zero-order chi connectivity index (χ0) is 10.8. The Bertz CT molecular complexity index is 272. The molecule has 0 spiro atoms. The van der Waals surface area contributed by atoms with E-state index in [4.69, 9.17) is 0 Å². The summed E-state index contributed by atoms with van der Waals surface area (Å²) in [4.78, 5) is 22.8. The van der Waals surface area contributed by atoms with Gasteiger partial charge in [0.1, 0.15) is 0 Å². The van der Waals surface area contributed by atoms with Crippen molar-refractivity contribution in [2.75, 3.05) is 6.54 Å². The summed E-state index contributed by atoms with van der Waals surface area (Å²) in [5.41, 5.74) is 0. The van der Waals surface area contributed by atoms with Gasteiger partial charge < -0.3 is 10.6 Å². The van der Waals surface area contributed by atoms with Gasteiger partial charge in [0.15, 0.2) is 0 Å². The van der Waals surface area contributed by atoms with Gasteiger partial charge in [0.2, 0.25) is 11.8 Å². The zero-order valence-electron chi connectivity index (χ0n) is 9.08. The molecule has 2 N–H and O–H groups in total. The summed E-state index contributed by atoms with van der Waals surface area (Å²) in [7, 11) is 0. The summed E-state index contributed by atoms with van der Waals surface area (Å²) >= 11 is 0. The molecule has 4 nitrogen and oxygen atoms in total. The van der Waals surface area contributed by atoms with Crippen LogP contribution >= 0.6 is 0 Å². The predicted molar refractivity (Wildman–Crippen MR) is 56.1 cm³/mol. The van der Waals surface area contributed by atoms with Gasteiger partial charge in [0.05, 0.1) is 0 Å². The average Bonchev–Trinajstić information content (AvgIpc) is 2.49. The maximum absolute atomic E-state index is 11.6. The molecule has 0 aromatic rings. The largest absolute Gasteiger partial charge is 0.356 e. The summed E-state index contributed by atoms with van der Waals surface area (Å²) in [5, 5.41) is 5.72. The molecule has 2 amide bonds. The first kappa shape index (κ1) is 10.5. The molecular formula is C11H18N2O2. The molecule has 0 aromatic heterocycles. The Balaban J connectivity index is 1.70. The van der Waals surface area contributed by atoms with E-state index in [-0.39, 0.29) is 17.7 Å². The van der Waals surface area contributed by atoms with Crippen molar-refractivity contribution in [3.8, 4) is 0 Å². The highest BCUT2D eigenvalue weighted by Gasteiger charge is 2.30. The minimum Gasteiger partial charge on any atom is -0.356 e. The smallest absolute Gasteiger partial charge is 0.223 e. The SMILES string of the molecule is CC1CC(NC(=O)CC2CCNC2=O)C1. The van der Waals surface area contributed by atoms with Crippen LogP contribution in [0.15, 0.2) is 0 Å². The molecule has 84 valence electrons. The fourth-order valence-electron chi connectivity index (χ4n) is 2.37. The molecule has 2 aliphatic rings. The van der Waals surface area contributed by atoms with Crippen LogP contribution in [0.25, 0.3) is 0 Å². The van der Waals surface area contributed by atoms with E-state index < -0.39 is 0 Å². The van der Waals surface area contributed by atoms with Gasteiger partial charge >= 0.3 is 0 Å². The van der Waals surface area contributed by atoms with E-state index in [2.05, 4.69) is 17.6 Å². The first-order valence-electron chi connectivity index (χ1n) is 5.72. The van der Waals surface area contributed by atoms with Crippen LogP contribution in [-0.4, -0.2) is 24.4 Å². The third-order valence-corrected chi connectivity index (χ3v) is 3.33. The van der Waals surface area contributed by atoms with Crippen LogP contribution in [0.4, 0.5) is 0 Å². The van der Waals surface area contributed by atoms with Gasteiger partial charge in [-0.3, -0.25) is 9.59 Å². The second-order valence-corrected chi connectivity index (χ2v) is 4.82. The minimum absolute atomic E-state index is 0.0344. The summed E-state index contributed by atoms with van der Waals surface area (Å²) in [6.45, 7) is 2.91. The molecule has 1 aliphatic heterocycles. The Hall–Kier alpha value is -1.06. The van der Waals surface area contributed by atoms with Gasteiger partial charge in [-0.05, 0) is 25.2 Å². The van der Waals surface area contributed by atoms with E-state index in [9.17, 15) is 9.59 Å². The van der Waals surface area contributed by atoms with Gasteiger partial charge in [0, 0.05) is 24.9 Å². The van der Waals surface area contributed by atoms with Gasteiger partial charge in [-0.1, -0.05) is 6.92 Å². The molecule has 1 aliphatic carbocycles. The maximum Gasteiger partial charge on any atom is 0.223 e. The van der Waals surface area contributed by atoms with Crippen molar-refractivity contribution in [1.82, 2.24) is 10.6 Å². The Labute approximate surface area is 89.8 Å². The molecule has 1 saturated heterocycles. The molecule has 1 saturated carbocycles. The van der Waals surface area contributed by atoms with E-state index >= 15 is 0 Å². The Morgan fingerprint density at radius 2 is 2.27 bits per heavy atom. The Morgan fingerprint density at radius 3 is 2.80 bits per heavy atom. The van der Waals surface area contributed by atoms with E-state index in [1.165, 1.54) is 0 Å². The third kappa shape index (κ3) is 2.49. The van der Waals surface area contributed by atoms with Gasteiger partial charge in [-0.2, -0.15) is 0 Å². The first-order valence-corrected chi connectivity index (χ1v) is 5.72. The number of carbonyl (C=O) groups excluding carboxylic acids is 2. The molecule has 4 heteroatoms. The average molecular weight is 210 g/mol. The number of rotatable bonds is 3. The number of nitrogens with one attached hydrogen (secondary N) is 2. The van der Waals surface area contributed by atoms with Crippen LogP contribution < -0.4 is 10.6 Å². The molecule has 0 radical (unpaired) electrons. The van der Waals surface area contributed by atoms with Gasteiger partial charge in [-0.15, -0.1) is 0 Å². The van der Waals surface area contributed by atoms with Crippen molar-refractivity contribution >= 4 is 11.8 Å². The lowest BCUT2D eigenvalue weighted by Crippen LogP contribution is -2.44. The van der Waals surface area contributed by atoms with Crippen LogP contribution in [0.5, 0.6) is 0 Å². The highest BCUT2D eigenvalue weighted by atomic mass is 16.2.